The molecule has 1 fully saturated rings. The highest BCUT2D eigenvalue weighted by Crippen LogP contribution is 2.35. The van der Waals surface area contributed by atoms with Crippen LogP contribution in [0.4, 0.5) is 5.69 Å². The molecule has 0 saturated carbocycles. The van der Waals surface area contributed by atoms with Crippen LogP contribution in [0, 0.1) is 0 Å². The average molecular weight is 488 g/mol. The van der Waals surface area contributed by atoms with Gasteiger partial charge < -0.3 is 24.2 Å². The van der Waals surface area contributed by atoms with E-state index in [0.29, 0.717) is 51.0 Å². The fourth-order valence-corrected chi connectivity index (χ4v) is 3.57. The van der Waals surface area contributed by atoms with Crippen molar-refractivity contribution in [3.8, 4) is 0 Å². The summed E-state index contributed by atoms with van der Waals surface area (Å²) in [5, 5.41) is 0. The Kier molecular flexibility index (Phi) is 11.7. The number of carbonyl (C=O) groups excluding carboxylic acids is 3. The van der Waals surface area contributed by atoms with Crippen molar-refractivity contribution in [1.82, 2.24) is 4.90 Å². The summed E-state index contributed by atoms with van der Waals surface area (Å²) in [7, 11) is -0.477. The maximum Gasteiger partial charge on any atom is 0.469 e. The lowest BCUT2D eigenvalue weighted by Crippen LogP contribution is -2.62. The van der Waals surface area contributed by atoms with Gasteiger partial charge in [0.1, 0.15) is 5.54 Å². The third-order valence-electron chi connectivity index (χ3n) is 5.34. The molecule has 11 nitrogen and oxygen atoms in total. The molecule has 1 amide bonds. The molecule has 0 aromatic heterocycles. The number of para-hydroxylation sites is 1. The number of ether oxygens (including phenoxy) is 2. The summed E-state index contributed by atoms with van der Waals surface area (Å²) in [5.41, 5.74) is -0.344. The highest BCUT2D eigenvalue weighted by molar-refractivity contribution is 7.46. The monoisotopic (exact) mass is 488 g/mol. The molecule has 0 spiro atoms. The Morgan fingerprint density at radius 1 is 1.06 bits per heavy atom. The molecule has 1 heterocycles. The van der Waals surface area contributed by atoms with Crippen LogP contribution in [0.2, 0.25) is 0 Å². The number of phosphoric ester groups is 1. The first-order valence-corrected chi connectivity index (χ1v) is 11.9. The number of anilines is 1. The average Bonchev–Trinajstić information content (AvgIpc) is 2.83. The third-order valence-corrected chi connectivity index (χ3v) is 5.82. The minimum absolute atomic E-state index is 0.116. The number of nitrogens with zero attached hydrogens (tertiary/aromatic N) is 2. The van der Waals surface area contributed by atoms with Gasteiger partial charge in [-0.25, -0.2) is 9.36 Å². The quantitative estimate of drug-likeness (QED) is 0.410. The number of esters is 2. The lowest BCUT2D eigenvalue weighted by molar-refractivity contribution is -0.151. The second kappa shape index (κ2) is 13.4. The second-order valence-corrected chi connectivity index (χ2v) is 8.63. The van der Waals surface area contributed by atoms with Crippen LogP contribution in [-0.4, -0.2) is 79.0 Å². The molecule has 1 aliphatic rings. The molecule has 33 heavy (non-hydrogen) atoms. The zero-order chi connectivity index (χ0) is 25.1. The number of hydrogen-bond acceptors (Lipinski definition) is 8. The SMILES string of the molecule is CCC(=O)N(c1ccccc1)C1(C(=O)OC)CCN(CCC(=O)OC)CC1.COP(=O)(O)O. The molecule has 0 bridgehead atoms. The smallest absolute Gasteiger partial charge is 0.469 e. The Morgan fingerprint density at radius 3 is 2.03 bits per heavy atom. The Labute approximate surface area is 193 Å². The van der Waals surface area contributed by atoms with Gasteiger partial charge in [0.15, 0.2) is 0 Å². The van der Waals surface area contributed by atoms with Crippen LogP contribution >= 0.6 is 7.82 Å². The van der Waals surface area contributed by atoms with Crippen LogP contribution in [0.15, 0.2) is 30.3 Å². The lowest BCUT2D eigenvalue weighted by Gasteiger charge is -2.46. The van der Waals surface area contributed by atoms with E-state index in [-0.39, 0.29) is 11.9 Å². The first-order chi connectivity index (χ1) is 15.5. The van der Waals surface area contributed by atoms with Crippen molar-refractivity contribution in [3.63, 3.8) is 0 Å². The predicted octanol–water partition coefficient (Wildman–Crippen LogP) is 1.73. The molecule has 1 aromatic carbocycles. The Morgan fingerprint density at radius 2 is 1.61 bits per heavy atom. The number of methoxy groups -OCH3 is 2. The number of amides is 1. The van der Waals surface area contributed by atoms with Crippen molar-refractivity contribution < 1.29 is 42.7 Å². The largest absolute Gasteiger partial charge is 0.469 e. The molecule has 0 aliphatic carbocycles. The Bertz CT molecular complexity index is 820. The first-order valence-electron chi connectivity index (χ1n) is 10.4. The molecule has 2 rings (SSSR count). The van der Waals surface area contributed by atoms with Crippen molar-refractivity contribution >= 4 is 31.4 Å². The van der Waals surface area contributed by atoms with Crippen LogP contribution in [0.3, 0.4) is 0 Å². The van der Waals surface area contributed by atoms with Crippen LogP contribution in [-0.2, 0) is 32.9 Å². The van der Waals surface area contributed by atoms with E-state index in [2.05, 4.69) is 14.2 Å². The molecule has 1 aliphatic heterocycles. The molecule has 1 aromatic rings. The minimum atomic E-state index is -4.15. The number of carbonyl (C=O) groups is 3. The highest BCUT2D eigenvalue weighted by Gasteiger charge is 2.49. The number of piperidine rings is 1. The fourth-order valence-electron chi connectivity index (χ4n) is 3.57. The second-order valence-electron chi connectivity index (χ2n) is 7.28. The van der Waals surface area contributed by atoms with Gasteiger partial charge in [-0.15, -0.1) is 0 Å². The van der Waals surface area contributed by atoms with Crippen LogP contribution in [0.25, 0.3) is 0 Å². The molecule has 12 heteroatoms. The van der Waals surface area contributed by atoms with Gasteiger partial charge in [-0.2, -0.15) is 0 Å². The van der Waals surface area contributed by atoms with Gasteiger partial charge in [0.05, 0.1) is 20.6 Å². The molecule has 0 radical (unpaired) electrons. The fraction of sp³-hybridized carbons (Fsp3) is 0.571. The molecular weight excluding hydrogens is 455 g/mol. The first kappa shape index (κ1) is 28.7. The standard InChI is InChI=1S/C20H28N2O5.CH5O4P/c1-4-17(23)22(16-8-6-5-7-9-16)20(19(25)27-3)11-14-21(15-12-20)13-10-18(24)26-2;1-5-6(2,3)4/h5-9H,4,10-15H2,1-3H3;1H3,(H2,2,3,4). The van der Waals surface area contributed by atoms with E-state index in [1.165, 1.54) is 14.2 Å². The van der Waals surface area contributed by atoms with Crippen molar-refractivity contribution in [2.45, 2.75) is 38.1 Å². The zero-order valence-corrected chi connectivity index (χ0v) is 20.3. The van der Waals surface area contributed by atoms with Gasteiger partial charge in [-0.1, -0.05) is 25.1 Å². The normalized spacial score (nSPS) is 15.6. The summed E-state index contributed by atoms with van der Waals surface area (Å²) in [6, 6.07) is 9.24. The minimum Gasteiger partial charge on any atom is -0.469 e. The number of rotatable bonds is 8. The summed E-state index contributed by atoms with van der Waals surface area (Å²) in [6.45, 7) is 3.53. The van der Waals surface area contributed by atoms with Gasteiger partial charge in [0.25, 0.3) is 0 Å². The number of phosphoric acid groups is 1. The van der Waals surface area contributed by atoms with E-state index in [9.17, 15) is 18.9 Å². The zero-order valence-electron chi connectivity index (χ0n) is 19.4. The molecular formula is C21H33N2O9P. The van der Waals surface area contributed by atoms with E-state index in [1.807, 2.05) is 30.3 Å². The van der Waals surface area contributed by atoms with E-state index < -0.39 is 19.3 Å². The lowest BCUT2D eigenvalue weighted by atomic mass is 9.84. The van der Waals surface area contributed by atoms with E-state index in [0.717, 1.165) is 7.11 Å². The van der Waals surface area contributed by atoms with Crippen LogP contribution in [0.5, 0.6) is 0 Å². The summed E-state index contributed by atoms with van der Waals surface area (Å²) < 4.78 is 22.9. The van der Waals surface area contributed by atoms with Gasteiger partial charge in [0, 0.05) is 38.9 Å². The van der Waals surface area contributed by atoms with Crippen molar-refractivity contribution in [1.29, 1.82) is 0 Å². The van der Waals surface area contributed by atoms with E-state index in [4.69, 9.17) is 14.5 Å². The third kappa shape index (κ3) is 8.53. The van der Waals surface area contributed by atoms with Gasteiger partial charge >= 0.3 is 19.8 Å². The molecule has 2 N–H and O–H groups in total. The number of likely N-dealkylation sites (tertiary alicyclic amines) is 1. The Balaban J connectivity index is 0.000000801. The maximum absolute atomic E-state index is 12.8. The van der Waals surface area contributed by atoms with E-state index >= 15 is 0 Å². The summed E-state index contributed by atoms with van der Waals surface area (Å²) in [4.78, 5) is 56.2. The summed E-state index contributed by atoms with van der Waals surface area (Å²) in [6.07, 6.45) is 1.49. The predicted molar refractivity (Wildman–Crippen MR) is 120 cm³/mol. The van der Waals surface area contributed by atoms with Gasteiger partial charge in [0.2, 0.25) is 5.91 Å². The molecule has 1 saturated heterocycles. The molecule has 186 valence electrons. The summed E-state index contributed by atoms with van der Waals surface area (Å²) in [5.74, 6) is -0.776. The molecule has 0 atom stereocenters. The van der Waals surface area contributed by atoms with Gasteiger partial charge in [-0.05, 0) is 25.0 Å². The van der Waals surface area contributed by atoms with Gasteiger partial charge in [-0.3, -0.25) is 19.0 Å². The maximum atomic E-state index is 12.8. The van der Waals surface area contributed by atoms with E-state index in [1.54, 1.807) is 11.8 Å². The summed E-state index contributed by atoms with van der Waals surface area (Å²) >= 11 is 0. The van der Waals surface area contributed by atoms with Crippen LogP contribution < -0.4 is 4.90 Å². The Hall–Kier alpha value is -2.30. The topological polar surface area (TPSA) is 143 Å². The van der Waals surface area contributed by atoms with Crippen molar-refractivity contribution in [3.05, 3.63) is 30.3 Å². The van der Waals surface area contributed by atoms with Crippen LogP contribution in [0.1, 0.15) is 32.6 Å². The van der Waals surface area contributed by atoms with Crippen molar-refractivity contribution in [2.75, 3.05) is 45.9 Å². The van der Waals surface area contributed by atoms with Crippen molar-refractivity contribution in [2.24, 2.45) is 0 Å². The number of hydrogen-bond donors (Lipinski definition) is 2. The number of benzene rings is 1. The highest BCUT2D eigenvalue weighted by atomic mass is 31.2. The molecule has 0 unspecified atom stereocenters.